The van der Waals surface area contributed by atoms with Gasteiger partial charge in [-0.2, -0.15) is 5.10 Å². The molecule has 7 rings (SSSR count). The molecule has 3 aliphatic rings. The third-order valence-electron chi connectivity index (χ3n) is 7.88. The Bertz CT molecular complexity index is 1680. The van der Waals surface area contributed by atoms with Crippen molar-refractivity contribution in [2.24, 2.45) is 0 Å². The Kier molecular flexibility index (Phi) is 5.75. The number of aliphatic hydroxyl groups excluding tert-OH is 1. The molecule has 1 aromatic carbocycles. The number of aldehydes is 1. The van der Waals surface area contributed by atoms with Crippen LogP contribution in [0.4, 0.5) is 0 Å². The summed E-state index contributed by atoms with van der Waals surface area (Å²) in [5.41, 5.74) is 5.52. The molecule has 1 N–H and O–H groups in total. The van der Waals surface area contributed by atoms with Crippen LogP contribution in [0.25, 0.3) is 33.4 Å². The normalized spacial score (nSPS) is 18.3. The van der Waals surface area contributed by atoms with Crippen LogP contribution < -0.4 is 15.0 Å². The van der Waals surface area contributed by atoms with E-state index in [0.717, 1.165) is 47.6 Å². The van der Waals surface area contributed by atoms with Gasteiger partial charge in [-0.15, -0.1) is 0 Å². The predicted molar refractivity (Wildman–Crippen MR) is 142 cm³/mol. The highest BCUT2D eigenvalue weighted by Crippen LogP contribution is 2.45. The number of rotatable bonds is 6. The topological polar surface area (TPSA) is 118 Å². The van der Waals surface area contributed by atoms with Crippen molar-refractivity contribution < 1.29 is 24.1 Å². The average Bonchev–Trinajstić information content (AvgIpc) is 3.69. The molecule has 10 nitrogen and oxygen atoms in total. The molecule has 2 unspecified atom stereocenters. The van der Waals surface area contributed by atoms with Crippen molar-refractivity contribution in [3.8, 4) is 34.0 Å². The van der Waals surface area contributed by atoms with Gasteiger partial charge in [0.15, 0.2) is 11.5 Å². The van der Waals surface area contributed by atoms with Crippen LogP contribution in [0, 0.1) is 0 Å². The number of ether oxygens (including phenoxy) is 3. The Morgan fingerprint density at radius 3 is 2.82 bits per heavy atom. The summed E-state index contributed by atoms with van der Waals surface area (Å²) in [5.74, 6) is 1.27. The van der Waals surface area contributed by atoms with E-state index in [1.807, 2.05) is 35.3 Å². The summed E-state index contributed by atoms with van der Waals surface area (Å²) in [6.45, 7) is 2.81. The first kappa shape index (κ1) is 24.1. The van der Waals surface area contributed by atoms with Crippen LogP contribution in [0.3, 0.4) is 0 Å². The van der Waals surface area contributed by atoms with Gasteiger partial charge in [-0.05, 0) is 50.3 Å². The van der Waals surface area contributed by atoms with Crippen LogP contribution in [0.2, 0.25) is 0 Å². The number of carbonyl (C=O) groups excluding carboxylic acids is 1. The largest absolute Gasteiger partial charge is 0.454 e. The second-order valence-electron chi connectivity index (χ2n) is 10.3. The first-order valence-corrected chi connectivity index (χ1v) is 13.3. The van der Waals surface area contributed by atoms with Gasteiger partial charge >= 0.3 is 0 Å². The predicted octanol–water partition coefficient (Wildman–Crippen LogP) is 3.90. The molecule has 39 heavy (non-hydrogen) atoms. The highest BCUT2D eigenvalue weighted by molar-refractivity contribution is 6.01. The van der Waals surface area contributed by atoms with Gasteiger partial charge < -0.3 is 28.7 Å². The molecule has 0 saturated carbocycles. The minimum Gasteiger partial charge on any atom is -0.454 e. The van der Waals surface area contributed by atoms with E-state index in [-0.39, 0.29) is 31.4 Å². The summed E-state index contributed by atoms with van der Waals surface area (Å²) >= 11 is 0. The van der Waals surface area contributed by atoms with Crippen molar-refractivity contribution in [3.63, 3.8) is 0 Å². The lowest BCUT2D eigenvalue weighted by molar-refractivity contribution is -0.107. The number of aliphatic hydroxyl groups is 1. The lowest BCUT2D eigenvalue weighted by Crippen LogP contribution is -2.25. The molecular formula is C29H28N4O6. The maximum absolute atomic E-state index is 13.7. The van der Waals surface area contributed by atoms with E-state index in [1.165, 1.54) is 0 Å². The Balaban J connectivity index is 1.45. The number of hydrogen-bond donors (Lipinski definition) is 1. The third kappa shape index (κ3) is 3.85. The van der Waals surface area contributed by atoms with Crippen molar-refractivity contribution >= 4 is 17.2 Å². The van der Waals surface area contributed by atoms with Gasteiger partial charge in [-0.1, -0.05) is 0 Å². The lowest BCUT2D eigenvalue weighted by atomic mass is 9.95. The summed E-state index contributed by atoms with van der Waals surface area (Å²) < 4.78 is 20.9. The monoisotopic (exact) mass is 528 g/mol. The molecule has 0 spiro atoms. The molecule has 1 saturated heterocycles. The molecule has 3 aliphatic heterocycles. The number of hydrogen-bond acceptors (Lipinski definition) is 8. The van der Waals surface area contributed by atoms with Crippen molar-refractivity contribution in [2.75, 3.05) is 13.4 Å². The van der Waals surface area contributed by atoms with Gasteiger partial charge in [0.2, 0.25) is 6.79 Å². The minimum atomic E-state index is -0.864. The van der Waals surface area contributed by atoms with E-state index >= 15 is 0 Å². The quantitative estimate of drug-likeness (QED) is 0.330. The van der Waals surface area contributed by atoms with Gasteiger partial charge in [-0.3, -0.25) is 4.79 Å². The zero-order valence-corrected chi connectivity index (χ0v) is 21.6. The number of pyridine rings is 2. The zero-order chi connectivity index (χ0) is 26.7. The first-order valence-electron chi connectivity index (χ1n) is 13.3. The Morgan fingerprint density at radius 1 is 1.21 bits per heavy atom. The molecular weight excluding hydrogens is 500 g/mol. The number of aromatic nitrogens is 4. The number of benzene rings is 1. The van der Waals surface area contributed by atoms with Crippen LogP contribution in [0.1, 0.15) is 61.6 Å². The fourth-order valence-corrected chi connectivity index (χ4v) is 5.99. The van der Waals surface area contributed by atoms with Gasteiger partial charge in [0.1, 0.15) is 12.5 Å². The fourth-order valence-electron chi connectivity index (χ4n) is 5.99. The molecule has 6 heterocycles. The Hall–Kier alpha value is -4.02. The van der Waals surface area contributed by atoms with E-state index < -0.39 is 6.10 Å². The molecule has 3 aromatic heterocycles. The van der Waals surface area contributed by atoms with E-state index in [0.29, 0.717) is 52.7 Å². The number of fused-ring (bicyclic) bond motifs is 5. The summed E-state index contributed by atoms with van der Waals surface area (Å²) in [7, 11) is 0. The summed E-state index contributed by atoms with van der Waals surface area (Å²) in [6, 6.07) is 5.65. The zero-order valence-electron chi connectivity index (χ0n) is 21.6. The Morgan fingerprint density at radius 2 is 2.05 bits per heavy atom. The molecule has 0 amide bonds. The van der Waals surface area contributed by atoms with E-state index in [1.54, 1.807) is 11.5 Å². The SMILES string of the molecule is CC(O)c1cc2n(c(=O)c1CCC=O)Cc1c-2nc2cc3c(cc2c1-c1cnn(C2CCCCO2)c1)OCO3. The van der Waals surface area contributed by atoms with E-state index in [2.05, 4.69) is 5.10 Å². The first-order chi connectivity index (χ1) is 19.0. The minimum absolute atomic E-state index is 0.108. The Labute approximate surface area is 223 Å². The van der Waals surface area contributed by atoms with Crippen LogP contribution in [-0.2, 0) is 22.5 Å². The van der Waals surface area contributed by atoms with Gasteiger partial charge in [0.25, 0.3) is 5.56 Å². The second-order valence-corrected chi connectivity index (χ2v) is 10.3. The summed E-state index contributed by atoms with van der Waals surface area (Å²) in [5, 5.41) is 16.1. The lowest BCUT2D eigenvalue weighted by Gasteiger charge is -2.22. The number of carbonyl (C=O) groups is 1. The van der Waals surface area contributed by atoms with Crippen LogP contribution in [0.15, 0.2) is 35.4 Å². The summed E-state index contributed by atoms with van der Waals surface area (Å²) in [6.07, 6.45) is 7.19. The van der Waals surface area contributed by atoms with Gasteiger partial charge in [0, 0.05) is 52.9 Å². The standard InChI is InChI=1S/C29H28N4O6/c1-16(35)19-9-23-28-21(14-32(23)29(36)18(19)5-4-7-34)27(17-12-30-33(13-17)26-6-2-3-8-37-26)20-10-24-25(39-15-38-24)11-22(20)31-28/h7,9-13,16,26,35H,2-6,8,14-15H2,1H3. The highest BCUT2D eigenvalue weighted by atomic mass is 16.7. The molecule has 0 bridgehead atoms. The molecule has 0 radical (unpaired) electrons. The molecule has 0 aliphatic carbocycles. The molecule has 1 fully saturated rings. The van der Waals surface area contributed by atoms with Crippen LogP contribution >= 0.6 is 0 Å². The second kappa shape index (κ2) is 9.32. The maximum Gasteiger partial charge on any atom is 0.254 e. The van der Waals surface area contributed by atoms with Gasteiger partial charge in [-0.25, -0.2) is 9.67 Å². The molecule has 10 heteroatoms. The fraction of sp³-hybridized carbons (Fsp3) is 0.379. The van der Waals surface area contributed by atoms with Crippen LogP contribution in [0.5, 0.6) is 11.5 Å². The van der Waals surface area contributed by atoms with Gasteiger partial charge in [0.05, 0.1) is 35.8 Å². The molecule has 200 valence electrons. The maximum atomic E-state index is 13.7. The van der Waals surface area contributed by atoms with Crippen molar-refractivity contribution in [1.29, 1.82) is 0 Å². The summed E-state index contributed by atoms with van der Waals surface area (Å²) in [4.78, 5) is 29.8. The van der Waals surface area contributed by atoms with Crippen molar-refractivity contribution in [3.05, 3.63) is 57.6 Å². The van der Waals surface area contributed by atoms with Crippen LogP contribution in [-0.4, -0.2) is 44.1 Å². The molecule has 2 atom stereocenters. The third-order valence-corrected chi connectivity index (χ3v) is 7.88. The highest BCUT2D eigenvalue weighted by Gasteiger charge is 2.31. The average molecular weight is 529 g/mol. The number of nitrogens with zero attached hydrogens (tertiary/aromatic N) is 4. The van der Waals surface area contributed by atoms with E-state index in [4.69, 9.17) is 19.2 Å². The van der Waals surface area contributed by atoms with E-state index in [9.17, 15) is 14.7 Å². The smallest absolute Gasteiger partial charge is 0.254 e. The van der Waals surface area contributed by atoms with Crippen molar-refractivity contribution in [1.82, 2.24) is 19.3 Å². The van der Waals surface area contributed by atoms with Crippen molar-refractivity contribution in [2.45, 2.75) is 57.9 Å². The molecule has 4 aromatic rings.